The Bertz CT molecular complexity index is 118. The highest BCUT2D eigenvalue weighted by molar-refractivity contribution is 4.83. The number of ether oxygens (including phenoxy) is 1. The molecule has 1 aliphatic heterocycles. The van der Waals surface area contributed by atoms with Crippen LogP contribution < -0.4 is 0 Å². The van der Waals surface area contributed by atoms with E-state index >= 15 is 0 Å². The smallest absolute Gasteiger partial charge is 0.101 e. The number of allylic oxidation sites excluding steroid dienone is 1. The van der Waals surface area contributed by atoms with Gasteiger partial charge in [-0.25, -0.2) is 0 Å². The molecule has 0 amide bonds. The van der Waals surface area contributed by atoms with Crippen molar-refractivity contribution in [2.75, 3.05) is 0 Å². The van der Waals surface area contributed by atoms with Crippen molar-refractivity contribution in [2.24, 2.45) is 5.92 Å². The Kier molecular flexibility index (Phi) is 2.79. The summed E-state index contributed by atoms with van der Waals surface area (Å²) in [5.41, 5.74) is 0. The molecule has 10 heavy (non-hydrogen) atoms. The molecule has 0 aliphatic carbocycles. The topological polar surface area (TPSA) is 9.23 Å². The lowest BCUT2D eigenvalue weighted by Gasteiger charge is -2.24. The maximum absolute atomic E-state index is 5.45. The average Bonchev–Trinajstić information content (AvgIpc) is 2.05. The molecule has 1 heterocycles. The first-order valence-electron chi connectivity index (χ1n) is 4.15. The van der Waals surface area contributed by atoms with E-state index in [1.54, 1.807) is 0 Å². The minimum atomic E-state index is 0.481. The second-order valence-electron chi connectivity index (χ2n) is 3.01. The van der Waals surface area contributed by atoms with Gasteiger partial charge in [0.15, 0.2) is 0 Å². The van der Waals surface area contributed by atoms with E-state index < -0.39 is 0 Å². The minimum Gasteiger partial charge on any atom is -0.498 e. The van der Waals surface area contributed by atoms with Gasteiger partial charge in [-0.2, -0.15) is 0 Å². The van der Waals surface area contributed by atoms with Crippen LogP contribution >= 0.6 is 0 Å². The second-order valence-corrected chi connectivity index (χ2v) is 3.01. The van der Waals surface area contributed by atoms with Crippen molar-refractivity contribution in [3.63, 3.8) is 0 Å². The zero-order valence-electron chi connectivity index (χ0n) is 6.84. The van der Waals surface area contributed by atoms with Crippen LogP contribution in [0.3, 0.4) is 0 Å². The highest BCUT2D eigenvalue weighted by atomic mass is 16.5. The molecule has 0 bridgehead atoms. The van der Waals surface area contributed by atoms with Gasteiger partial charge >= 0.3 is 0 Å². The van der Waals surface area contributed by atoms with Gasteiger partial charge in [-0.05, 0) is 24.8 Å². The summed E-state index contributed by atoms with van der Waals surface area (Å²) in [7, 11) is 0. The summed E-state index contributed by atoms with van der Waals surface area (Å²) >= 11 is 0. The molecule has 0 spiro atoms. The van der Waals surface area contributed by atoms with E-state index in [9.17, 15) is 0 Å². The van der Waals surface area contributed by atoms with Crippen LogP contribution in [-0.2, 0) is 4.74 Å². The highest BCUT2D eigenvalue weighted by Gasteiger charge is 2.16. The van der Waals surface area contributed by atoms with Crippen molar-refractivity contribution in [3.05, 3.63) is 12.3 Å². The Balaban J connectivity index is 2.33. The van der Waals surface area contributed by atoms with Crippen LogP contribution in [0.1, 0.15) is 33.1 Å². The number of rotatable bonds is 2. The van der Waals surface area contributed by atoms with Gasteiger partial charge in [-0.15, -0.1) is 0 Å². The third-order valence-electron chi connectivity index (χ3n) is 2.25. The van der Waals surface area contributed by atoms with Crippen LogP contribution in [0.25, 0.3) is 0 Å². The van der Waals surface area contributed by atoms with Gasteiger partial charge in [0.25, 0.3) is 0 Å². The zero-order chi connectivity index (χ0) is 7.40. The van der Waals surface area contributed by atoms with Gasteiger partial charge in [0.2, 0.25) is 0 Å². The van der Waals surface area contributed by atoms with E-state index in [0.29, 0.717) is 12.0 Å². The van der Waals surface area contributed by atoms with Crippen LogP contribution in [-0.4, -0.2) is 6.10 Å². The van der Waals surface area contributed by atoms with Gasteiger partial charge in [-0.1, -0.05) is 20.3 Å². The molecule has 0 unspecified atom stereocenters. The molecule has 1 aliphatic rings. The van der Waals surface area contributed by atoms with Crippen molar-refractivity contribution in [1.29, 1.82) is 0 Å². The van der Waals surface area contributed by atoms with Gasteiger partial charge < -0.3 is 4.74 Å². The standard InChI is InChI=1S/C9H16O/c1-3-8(2)9-6-4-5-7-10-9/h5,7-9H,3-4,6H2,1-2H3/t8-,9-/m0/s1. The normalized spacial score (nSPS) is 27.6. The summed E-state index contributed by atoms with van der Waals surface area (Å²) in [5.74, 6) is 0.713. The van der Waals surface area contributed by atoms with Crippen LogP contribution in [0.4, 0.5) is 0 Å². The Hall–Kier alpha value is -0.460. The second kappa shape index (κ2) is 3.65. The van der Waals surface area contributed by atoms with Crippen molar-refractivity contribution >= 4 is 0 Å². The van der Waals surface area contributed by atoms with Crippen molar-refractivity contribution in [2.45, 2.75) is 39.2 Å². The van der Waals surface area contributed by atoms with Crippen molar-refractivity contribution < 1.29 is 4.74 Å². The predicted molar refractivity (Wildman–Crippen MR) is 42.7 cm³/mol. The third kappa shape index (κ3) is 1.76. The molecule has 58 valence electrons. The van der Waals surface area contributed by atoms with Crippen molar-refractivity contribution in [3.8, 4) is 0 Å². The first-order valence-corrected chi connectivity index (χ1v) is 4.15. The quantitative estimate of drug-likeness (QED) is 0.573. The van der Waals surface area contributed by atoms with Gasteiger partial charge in [0.1, 0.15) is 6.10 Å². The monoisotopic (exact) mass is 140 g/mol. The van der Waals surface area contributed by atoms with E-state index in [0.717, 1.165) is 0 Å². The molecular formula is C9H16O. The fourth-order valence-corrected chi connectivity index (χ4v) is 1.23. The van der Waals surface area contributed by atoms with E-state index in [4.69, 9.17) is 4.74 Å². The molecule has 0 N–H and O–H groups in total. The summed E-state index contributed by atoms with van der Waals surface area (Å²) in [6.45, 7) is 4.47. The summed E-state index contributed by atoms with van der Waals surface area (Å²) in [6.07, 6.45) is 8.04. The van der Waals surface area contributed by atoms with Gasteiger partial charge in [0, 0.05) is 0 Å². The van der Waals surface area contributed by atoms with E-state index in [1.165, 1.54) is 19.3 Å². The Morgan fingerprint density at radius 2 is 2.50 bits per heavy atom. The van der Waals surface area contributed by atoms with Crippen LogP contribution in [0.2, 0.25) is 0 Å². The molecule has 1 rings (SSSR count). The molecule has 0 aromatic carbocycles. The largest absolute Gasteiger partial charge is 0.498 e. The van der Waals surface area contributed by atoms with Crippen LogP contribution in [0, 0.1) is 5.92 Å². The molecule has 0 saturated carbocycles. The summed E-state index contributed by atoms with van der Waals surface area (Å²) < 4.78 is 5.45. The first kappa shape index (κ1) is 7.64. The molecule has 2 atom stereocenters. The van der Waals surface area contributed by atoms with Crippen LogP contribution in [0.15, 0.2) is 12.3 Å². The predicted octanol–water partition coefficient (Wildman–Crippen LogP) is 2.73. The Morgan fingerprint density at radius 1 is 1.70 bits per heavy atom. The maximum Gasteiger partial charge on any atom is 0.101 e. The SMILES string of the molecule is CC[C@H](C)[C@@H]1CCC=CO1. The fourth-order valence-electron chi connectivity index (χ4n) is 1.23. The minimum absolute atomic E-state index is 0.481. The summed E-state index contributed by atoms with van der Waals surface area (Å²) in [6, 6.07) is 0. The Labute approximate surface area is 63.1 Å². The average molecular weight is 140 g/mol. The van der Waals surface area contributed by atoms with E-state index in [2.05, 4.69) is 19.9 Å². The summed E-state index contributed by atoms with van der Waals surface area (Å²) in [4.78, 5) is 0. The molecule has 0 fully saturated rings. The molecule has 0 radical (unpaired) electrons. The Morgan fingerprint density at radius 3 is 3.00 bits per heavy atom. The molecule has 1 nitrogen and oxygen atoms in total. The molecule has 1 heteroatoms. The van der Waals surface area contributed by atoms with Gasteiger partial charge in [-0.3, -0.25) is 0 Å². The van der Waals surface area contributed by atoms with Gasteiger partial charge in [0.05, 0.1) is 6.26 Å². The molecule has 0 aromatic rings. The first-order chi connectivity index (χ1) is 4.84. The maximum atomic E-state index is 5.45. The highest BCUT2D eigenvalue weighted by Crippen LogP contribution is 2.20. The molecule has 0 aromatic heterocycles. The van der Waals surface area contributed by atoms with Crippen LogP contribution in [0.5, 0.6) is 0 Å². The van der Waals surface area contributed by atoms with Crippen molar-refractivity contribution in [1.82, 2.24) is 0 Å². The summed E-state index contributed by atoms with van der Waals surface area (Å²) in [5, 5.41) is 0. The van der Waals surface area contributed by atoms with E-state index in [-0.39, 0.29) is 0 Å². The van der Waals surface area contributed by atoms with E-state index in [1.807, 2.05) is 6.26 Å². The fraction of sp³-hybridized carbons (Fsp3) is 0.778. The lowest BCUT2D eigenvalue weighted by atomic mass is 9.97. The number of hydrogen-bond donors (Lipinski definition) is 0. The molecule has 0 saturated heterocycles. The third-order valence-corrected chi connectivity index (χ3v) is 2.25. The number of hydrogen-bond acceptors (Lipinski definition) is 1. The lowest BCUT2D eigenvalue weighted by Crippen LogP contribution is -2.20. The zero-order valence-corrected chi connectivity index (χ0v) is 6.84. The molecular weight excluding hydrogens is 124 g/mol. The lowest BCUT2D eigenvalue weighted by molar-refractivity contribution is 0.0741.